The largest absolute Gasteiger partial charge is 0.342 e. The van der Waals surface area contributed by atoms with Gasteiger partial charge in [-0.2, -0.15) is 0 Å². The van der Waals surface area contributed by atoms with Gasteiger partial charge in [0.2, 0.25) is 5.91 Å². The summed E-state index contributed by atoms with van der Waals surface area (Å²) in [6.07, 6.45) is 0. The highest BCUT2D eigenvalue weighted by molar-refractivity contribution is 9.10. The zero-order chi connectivity index (χ0) is 15.9. The molecule has 1 aliphatic heterocycles. The molecule has 1 N–H and O–H groups in total. The summed E-state index contributed by atoms with van der Waals surface area (Å²) in [7, 11) is 0. The van der Waals surface area contributed by atoms with Crippen LogP contribution in [0, 0.1) is 12.3 Å². The normalized spacial score (nSPS) is 23.2. The van der Waals surface area contributed by atoms with Crippen LogP contribution in [0.1, 0.15) is 33.3 Å². The first-order chi connectivity index (χ1) is 9.62. The summed E-state index contributed by atoms with van der Waals surface area (Å²) in [5, 5.41) is 2.84. The Hall–Kier alpha value is -1.36. The van der Waals surface area contributed by atoms with Gasteiger partial charge in [0.15, 0.2) is 0 Å². The molecule has 0 spiro atoms. The van der Waals surface area contributed by atoms with Gasteiger partial charge in [0, 0.05) is 10.2 Å². The zero-order valence-electron chi connectivity index (χ0n) is 13.0. The summed E-state index contributed by atoms with van der Waals surface area (Å²) in [4.78, 5) is 26.6. The van der Waals surface area contributed by atoms with Gasteiger partial charge in [-0.15, -0.1) is 0 Å². The smallest absolute Gasteiger partial charge is 0.250 e. The molecule has 1 fully saturated rings. The Morgan fingerprint density at radius 3 is 2.38 bits per heavy atom. The van der Waals surface area contributed by atoms with Gasteiger partial charge >= 0.3 is 0 Å². The lowest BCUT2D eigenvalue weighted by Crippen LogP contribution is -2.66. The second kappa shape index (κ2) is 5.44. The van der Waals surface area contributed by atoms with Crippen molar-refractivity contribution in [2.24, 2.45) is 5.41 Å². The number of benzene rings is 1. The third-order valence-corrected chi connectivity index (χ3v) is 4.71. The number of rotatable bonds is 1. The summed E-state index contributed by atoms with van der Waals surface area (Å²) >= 11 is 3.46. The summed E-state index contributed by atoms with van der Waals surface area (Å²) in [5.41, 5.74) is 1.47. The Morgan fingerprint density at radius 2 is 1.86 bits per heavy atom. The van der Waals surface area contributed by atoms with Gasteiger partial charge in [-0.05, 0) is 43.0 Å². The topological polar surface area (TPSA) is 49.4 Å². The zero-order valence-corrected chi connectivity index (χ0v) is 14.6. The molecular formula is C16H21BrN2O2. The number of aryl methyl sites for hydroxylation is 1. The Morgan fingerprint density at radius 1 is 1.24 bits per heavy atom. The number of nitrogens with one attached hydrogen (secondary N) is 1. The van der Waals surface area contributed by atoms with Crippen LogP contribution in [-0.4, -0.2) is 23.9 Å². The fourth-order valence-electron chi connectivity index (χ4n) is 2.49. The summed E-state index contributed by atoms with van der Waals surface area (Å²) < 4.78 is 0.986. The minimum Gasteiger partial charge on any atom is -0.342 e. The number of carbonyl (C=O) groups excluding carboxylic acids is 2. The third-order valence-electron chi connectivity index (χ3n) is 3.82. The van der Waals surface area contributed by atoms with Gasteiger partial charge in [0.25, 0.3) is 5.91 Å². The van der Waals surface area contributed by atoms with Crippen molar-refractivity contribution in [3.8, 4) is 0 Å². The van der Waals surface area contributed by atoms with Crippen molar-refractivity contribution in [3.63, 3.8) is 0 Å². The number of amides is 2. The molecule has 0 radical (unpaired) electrons. The lowest BCUT2D eigenvalue weighted by Gasteiger charge is -2.42. The molecule has 2 atom stereocenters. The Kier molecular flexibility index (Phi) is 4.15. The van der Waals surface area contributed by atoms with E-state index in [-0.39, 0.29) is 17.2 Å². The van der Waals surface area contributed by atoms with E-state index in [1.165, 1.54) is 0 Å². The third kappa shape index (κ3) is 2.98. The fraction of sp³-hybridized carbons (Fsp3) is 0.500. The first-order valence-corrected chi connectivity index (χ1v) is 7.82. The minimum absolute atomic E-state index is 0.0590. The van der Waals surface area contributed by atoms with Crippen LogP contribution in [0.25, 0.3) is 0 Å². The molecule has 0 bridgehead atoms. The molecule has 0 aliphatic carbocycles. The van der Waals surface area contributed by atoms with Gasteiger partial charge in [-0.3, -0.25) is 14.5 Å². The number of anilines is 1. The van der Waals surface area contributed by atoms with E-state index in [0.29, 0.717) is 0 Å². The van der Waals surface area contributed by atoms with Crippen molar-refractivity contribution in [3.05, 3.63) is 28.2 Å². The van der Waals surface area contributed by atoms with Gasteiger partial charge < -0.3 is 5.32 Å². The molecule has 0 saturated carbocycles. The molecule has 1 aromatic carbocycles. The highest BCUT2D eigenvalue weighted by Gasteiger charge is 2.44. The molecule has 2 rings (SSSR count). The number of carbonyl (C=O) groups is 2. The van der Waals surface area contributed by atoms with Crippen molar-refractivity contribution in [1.29, 1.82) is 0 Å². The molecular weight excluding hydrogens is 332 g/mol. The lowest BCUT2D eigenvalue weighted by molar-refractivity contribution is -0.136. The van der Waals surface area contributed by atoms with E-state index < -0.39 is 12.1 Å². The van der Waals surface area contributed by atoms with Crippen molar-refractivity contribution in [2.75, 3.05) is 4.90 Å². The predicted molar refractivity (Wildman–Crippen MR) is 87.2 cm³/mol. The SMILES string of the molecule is Cc1cc(N2C(=O)C(C(C)(C)C)NC(=O)C2C)ccc1Br. The molecule has 1 saturated heterocycles. The molecule has 4 nitrogen and oxygen atoms in total. The quantitative estimate of drug-likeness (QED) is 0.844. The molecule has 5 heteroatoms. The minimum atomic E-state index is -0.509. The first-order valence-electron chi connectivity index (χ1n) is 7.02. The molecule has 0 aromatic heterocycles. The van der Waals surface area contributed by atoms with E-state index in [1.807, 2.05) is 45.9 Å². The van der Waals surface area contributed by atoms with Gasteiger partial charge in [0.05, 0.1) is 0 Å². The molecule has 1 heterocycles. The predicted octanol–water partition coefficient (Wildman–Crippen LogP) is 3.02. The second-order valence-electron chi connectivity index (χ2n) is 6.63. The number of piperazine rings is 1. The van der Waals surface area contributed by atoms with E-state index in [2.05, 4.69) is 21.2 Å². The average molecular weight is 353 g/mol. The standard InChI is InChI=1S/C16H21BrN2O2/c1-9-8-11(6-7-12(9)17)19-10(2)14(20)18-13(15(19)21)16(3,4)5/h6-8,10,13H,1-5H3,(H,18,20). The summed E-state index contributed by atoms with van der Waals surface area (Å²) in [6, 6.07) is 4.69. The van der Waals surface area contributed by atoms with E-state index >= 15 is 0 Å². The monoisotopic (exact) mass is 352 g/mol. The number of hydrogen-bond donors (Lipinski definition) is 1. The van der Waals surface area contributed by atoms with E-state index in [4.69, 9.17) is 0 Å². The van der Waals surface area contributed by atoms with Gasteiger partial charge in [-0.1, -0.05) is 36.7 Å². The van der Waals surface area contributed by atoms with Crippen molar-refractivity contribution in [1.82, 2.24) is 5.32 Å². The molecule has 1 aliphatic rings. The van der Waals surface area contributed by atoms with Crippen LogP contribution < -0.4 is 10.2 Å². The van der Waals surface area contributed by atoms with E-state index in [9.17, 15) is 9.59 Å². The Labute approximate surface area is 134 Å². The second-order valence-corrected chi connectivity index (χ2v) is 7.48. The maximum Gasteiger partial charge on any atom is 0.250 e. The Balaban J connectivity index is 2.46. The van der Waals surface area contributed by atoms with Crippen LogP contribution in [0.2, 0.25) is 0 Å². The van der Waals surface area contributed by atoms with Gasteiger partial charge in [-0.25, -0.2) is 0 Å². The first kappa shape index (κ1) is 16.0. The van der Waals surface area contributed by atoms with Crippen LogP contribution in [0.5, 0.6) is 0 Å². The maximum atomic E-state index is 12.8. The van der Waals surface area contributed by atoms with Crippen LogP contribution >= 0.6 is 15.9 Å². The van der Waals surface area contributed by atoms with Crippen molar-refractivity contribution < 1.29 is 9.59 Å². The molecule has 21 heavy (non-hydrogen) atoms. The number of hydrogen-bond acceptors (Lipinski definition) is 2. The van der Waals surface area contributed by atoms with E-state index in [0.717, 1.165) is 15.7 Å². The van der Waals surface area contributed by atoms with Crippen LogP contribution in [-0.2, 0) is 9.59 Å². The van der Waals surface area contributed by atoms with Gasteiger partial charge in [0.1, 0.15) is 12.1 Å². The van der Waals surface area contributed by atoms with Crippen molar-refractivity contribution in [2.45, 2.75) is 46.7 Å². The lowest BCUT2D eigenvalue weighted by atomic mass is 9.84. The average Bonchev–Trinajstić information content (AvgIpc) is 2.37. The van der Waals surface area contributed by atoms with Crippen LogP contribution in [0.4, 0.5) is 5.69 Å². The van der Waals surface area contributed by atoms with Crippen LogP contribution in [0.3, 0.4) is 0 Å². The molecule has 1 aromatic rings. The van der Waals surface area contributed by atoms with Crippen molar-refractivity contribution >= 4 is 33.4 Å². The Bertz CT molecular complexity index is 592. The molecule has 2 amide bonds. The molecule has 2 unspecified atom stereocenters. The summed E-state index contributed by atoms with van der Waals surface area (Å²) in [6.45, 7) is 9.59. The fourth-order valence-corrected chi connectivity index (χ4v) is 2.73. The number of halogens is 1. The van der Waals surface area contributed by atoms with Crippen LogP contribution in [0.15, 0.2) is 22.7 Å². The molecule has 114 valence electrons. The summed E-state index contributed by atoms with van der Waals surface area (Å²) in [5.74, 6) is -0.175. The number of nitrogens with zero attached hydrogens (tertiary/aromatic N) is 1. The highest BCUT2D eigenvalue weighted by Crippen LogP contribution is 2.30. The maximum absolute atomic E-state index is 12.8. The highest BCUT2D eigenvalue weighted by atomic mass is 79.9. The van der Waals surface area contributed by atoms with E-state index in [1.54, 1.807) is 11.8 Å².